The Hall–Kier alpha value is -2.10. The molecule has 29 heavy (non-hydrogen) atoms. The predicted octanol–water partition coefficient (Wildman–Crippen LogP) is 1.39. The van der Waals surface area contributed by atoms with Crippen LogP contribution in [0.4, 0.5) is 0 Å². The molecule has 4 rings (SSSR count). The van der Waals surface area contributed by atoms with Gasteiger partial charge in [0.05, 0.1) is 16.4 Å². The van der Waals surface area contributed by atoms with Crippen LogP contribution in [0.25, 0.3) is 11.0 Å². The number of carbonyl (C=O) groups is 2. The first-order valence-corrected chi connectivity index (χ1v) is 10.5. The van der Waals surface area contributed by atoms with Crippen molar-refractivity contribution in [1.82, 2.24) is 19.4 Å². The number of aliphatic carboxylic acids is 1. The number of hydrogen-bond donors (Lipinski definition) is 2. The molecule has 1 amide bonds. The second-order valence-electron chi connectivity index (χ2n) is 8.48. The van der Waals surface area contributed by atoms with E-state index in [0.29, 0.717) is 12.4 Å². The monoisotopic (exact) mass is 418 g/mol. The van der Waals surface area contributed by atoms with Crippen LogP contribution in [0, 0.1) is 5.92 Å². The molecule has 0 radical (unpaired) electrons. The molecule has 2 fully saturated rings. The molecule has 0 spiro atoms. The molecule has 2 aliphatic heterocycles. The summed E-state index contributed by atoms with van der Waals surface area (Å²) in [5.74, 6) is -1.56. The molecule has 8 nitrogen and oxygen atoms in total. The van der Waals surface area contributed by atoms with E-state index in [-0.39, 0.29) is 11.3 Å². The minimum Gasteiger partial charge on any atom is -0.480 e. The highest BCUT2D eigenvalue weighted by Gasteiger charge is 2.65. The van der Waals surface area contributed by atoms with Gasteiger partial charge in [-0.2, -0.15) is 0 Å². The van der Waals surface area contributed by atoms with Crippen LogP contribution in [0.3, 0.4) is 0 Å². The maximum atomic E-state index is 12.9. The Bertz CT molecular complexity index is 973. The molecule has 0 unspecified atom stereocenters. The third-order valence-electron chi connectivity index (χ3n) is 5.78. The lowest BCUT2D eigenvalue weighted by atomic mass is 9.87. The molecule has 2 aromatic rings. The van der Waals surface area contributed by atoms with Crippen molar-refractivity contribution in [3.8, 4) is 0 Å². The fraction of sp³-hybridized carbons (Fsp3) is 0.550. The average Bonchev–Trinajstić information content (AvgIpc) is 3.12. The molecule has 1 aromatic heterocycles. The quantitative estimate of drug-likeness (QED) is 0.684. The zero-order chi connectivity index (χ0) is 21.1. The van der Waals surface area contributed by atoms with E-state index < -0.39 is 28.8 Å². The number of imidazole rings is 1. The topological polar surface area (TPSA) is 98.9 Å². The Morgan fingerprint density at radius 1 is 1.34 bits per heavy atom. The van der Waals surface area contributed by atoms with Crippen LogP contribution in [-0.4, -0.2) is 78.2 Å². The van der Waals surface area contributed by atoms with Crippen LogP contribution in [0.5, 0.6) is 0 Å². The van der Waals surface area contributed by atoms with Crippen LogP contribution in [0.15, 0.2) is 24.3 Å². The average molecular weight is 419 g/mol. The van der Waals surface area contributed by atoms with E-state index in [1.165, 1.54) is 16.7 Å². The van der Waals surface area contributed by atoms with Gasteiger partial charge in [0.2, 0.25) is 5.91 Å². The molecule has 0 aliphatic carbocycles. The van der Waals surface area contributed by atoms with Crippen LogP contribution in [0.1, 0.15) is 25.8 Å². The van der Waals surface area contributed by atoms with Crippen molar-refractivity contribution in [3.05, 3.63) is 30.1 Å². The number of rotatable bonds is 6. The van der Waals surface area contributed by atoms with Gasteiger partial charge in [-0.3, -0.25) is 4.79 Å². The van der Waals surface area contributed by atoms with E-state index in [0.717, 1.165) is 17.6 Å². The van der Waals surface area contributed by atoms with Crippen molar-refractivity contribution in [2.45, 2.75) is 42.7 Å². The molecule has 2 aliphatic rings. The minimum absolute atomic E-state index is 0.320. The number of aliphatic hydroxyl groups excluding tert-OH is 1. The molecule has 3 heterocycles. The van der Waals surface area contributed by atoms with Crippen LogP contribution >= 0.6 is 11.8 Å². The maximum absolute atomic E-state index is 12.9. The zero-order valence-corrected chi connectivity index (χ0v) is 17.8. The summed E-state index contributed by atoms with van der Waals surface area (Å²) >= 11 is 1.44. The van der Waals surface area contributed by atoms with E-state index in [9.17, 15) is 19.8 Å². The highest BCUT2D eigenvalue weighted by molar-refractivity contribution is 8.01. The molecule has 0 bridgehead atoms. The van der Waals surface area contributed by atoms with E-state index in [1.807, 2.05) is 61.7 Å². The van der Waals surface area contributed by atoms with Crippen molar-refractivity contribution in [1.29, 1.82) is 0 Å². The standard InChI is InChI=1S/C20H26N4O4S/c1-20(2)15(19(27)28)24-17(26)13(18(24)29-20)14(25)16-21-11-7-5-6-8-12(11)23(16)10-9-22(3)4/h5-8,13-15,18,25H,9-10H2,1-4H3,(H,27,28)/t13-,14+,15+,18-/m1/s1. The number of amides is 1. The van der Waals surface area contributed by atoms with Crippen LogP contribution in [-0.2, 0) is 16.1 Å². The first-order chi connectivity index (χ1) is 13.6. The number of likely N-dealkylation sites (N-methyl/N-ethyl adjacent to an activating group) is 1. The van der Waals surface area contributed by atoms with Gasteiger partial charge in [0, 0.05) is 17.8 Å². The Kier molecular flexibility index (Phi) is 4.87. The Labute approximate surface area is 173 Å². The highest BCUT2D eigenvalue weighted by Crippen LogP contribution is 2.56. The van der Waals surface area contributed by atoms with E-state index >= 15 is 0 Å². The number of carboxylic acid groups (broad SMARTS) is 1. The Morgan fingerprint density at radius 3 is 2.69 bits per heavy atom. The molecular weight excluding hydrogens is 392 g/mol. The summed E-state index contributed by atoms with van der Waals surface area (Å²) in [6.45, 7) is 5.05. The number of carbonyl (C=O) groups excluding carboxylic acids is 1. The third kappa shape index (κ3) is 3.12. The smallest absolute Gasteiger partial charge is 0.327 e. The maximum Gasteiger partial charge on any atom is 0.327 e. The summed E-state index contributed by atoms with van der Waals surface area (Å²) in [4.78, 5) is 32.7. The van der Waals surface area contributed by atoms with Crippen molar-refractivity contribution in [2.24, 2.45) is 5.92 Å². The minimum atomic E-state index is -1.09. The fourth-order valence-electron chi connectivity index (χ4n) is 4.35. The molecular formula is C20H26N4O4S. The molecule has 9 heteroatoms. The van der Waals surface area contributed by atoms with E-state index in [1.54, 1.807) is 0 Å². The molecule has 156 valence electrons. The van der Waals surface area contributed by atoms with Crippen molar-refractivity contribution >= 4 is 34.7 Å². The van der Waals surface area contributed by atoms with Crippen molar-refractivity contribution in [3.63, 3.8) is 0 Å². The van der Waals surface area contributed by atoms with Gasteiger partial charge in [0.1, 0.15) is 23.9 Å². The van der Waals surface area contributed by atoms with Gasteiger partial charge in [-0.05, 0) is 40.1 Å². The number of thioether (sulfide) groups is 1. The molecule has 0 saturated carbocycles. The normalized spacial score (nSPS) is 26.6. The molecule has 2 saturated heterocycles. The van der Waals surface area contributed by atoms with E-state index in [4.69, 9.17) is 0 Å². The lowest BCUT2D eigenvalue weighted by molar-refractivity contribution is -0.169. The van der Waals surface area contributed by atoms with Gasteiger partial charge in [-0.1, -0.05) is 12.1 Å². The lowest BCUT2D eigenvalue weighted by Crippen LogP contribution is -2.64. The zero-order valence-electron chi connectivity index (χ0n) is 16.9. The van der Waals surface area contributed by atoms with Crippen molar-refractivity contribution in [2.75, 3.05) is 20.6 Å². The fourth-order valence-corrected chi connectivity index (χ4v) is 6.06. The SMILES string of the molecule is CN(C)CCn1c([C@@H](O)[C@@H]2C(=O)N3[C@@H]2SC(C)(C)[C@@H]3C(=O)O)nc2ccccc21. The first-order valence-electron chi connectivity index (χ1n) is 9.64. The lowest BCUT2D eigenvalue weighted by Gasteiger charge is -2.45. The number of nitrogens with zero attached hydrogens (tertiary/aromatic N) is 4. The summed E-state index contributed by atoms with van der Waals surface area (Å²) in [6, 6.07) is 6.78. The number of fused-ring (bicyclic) bond motifs is 2. The predicted molar refractivity (Wildman–Crippen MR) is 110 cm³/mol. The number of para-hydroxylation sites is 2. The number of aliphatic hydroxyl groups is 1. The second-order valence-corrected chi connectivity index (χ2v) is 10.3. The summed E-state index contributed by atoms with van der Waals surface area (Å²) in [5, 5.41) is 20.4. The van der Waals surface area contributed by atoms with Gasteiger partial charge < -0.3 is 24.6 Å². The first kappa shape index (κ1) is 20.2. The van der Waals surface area contributed by atoms with Crippen LogP contribution < -0.4 is 0 Å². The number of aromatic nitrogens is 2. The Morgan fingerprint density at radius 2 is 2.03 bits per heavy atom. The molecule has 2 N–H and O–H groups in total. The number of carboxylic acids is 1. The summed E-state index contributed by atoms with van der Waals surface area (Å²) in [6.07, 6.45) is -1.09. The van der Waals surface area contributed by atoms with Gasteiger partial charge >= 0.3 is 5.97 Å². The molecule has 4 atom stereocenters. The summed E-state index contributed by atoms with van der Waals surface area (Å²) in [7, 11) is 3.96. The summed E-state index contributed by atoms with van der Waals surface area (Å²) in [5.41, 5.74) is 1.68. The number of benzene rings is 1. The van der Waals surface area contributed by atoms with Gasteiger partial charge in [-0.25, -0.2) is 9.78 Å². The second kappa shape index (κ2) is 7.00. The van der Waals surface area contributed by atoms with Gasteiger partial charge in [0.25, 0.3) is 0 Å². The summed E-state index contributed by atoms with van der Waals surface area (Å²) < 4.78 is 1.35. The highest BCUT2D eigenvalue weighted by atomic mass is 32.2. The van der Waals surface area contributed by atoms with Gasteiger partial charge in [0.15, 0.2) is 0 Å². The largest absolute Gasteiger partial charge is 0.480 e. The van der Waals surface area contributed by atoms with Crippen LogP contribution in [0.2, 0.25) is 0 Å². The molecule has 1 aromatic carbocycles. The van der Waals surface area contributed by atoms with E-state index in [2.05, 4.69) is 4.98 Å². The Balaban J connectivity index is 1.68. The third-order valence-corrected chi connectivity index (χ3v) is 7.37. The number of β-lactam (4-membered cyclic amide) rings is 1. The van der Waals surface area contributed by atoms with Crippen molar-refractivity contribution < 1.29 is 19.8 Å². The number of hydrogen-bond acceptors (Lipinski definition) is 6. The van der Waals surface area contributed by atoms with Gasteiger partial charge in [-0.15, -0.1) is 11.8 Å².